The van der Waals surface area contributed by atoms with Crippen LogP contribution in [0.25, 0.3) is 17.3 Å². The fourth-order valence-corrected chi connectivity index (χ4v) is 3.47. The number of nitrogens with one attached hydrogen (secondary N) is 1. The summed E-state index contributed by atoms with van der Waals surface area (Å²) in [6.45, 7) is 9.70. The minimum atomic E-state index is -4.95. The second-order valence-electron chi connectivity index (χ2n) is 8.96. The Morgan fingerprint density at radius 1 is 1.03 bits per heavy atom. The van der Waals surface area contributed by atoms with Crippen LogP contribution in [0, 0.1) is 11.2 Å². The lowest BCUT2D eigenvalue weighted by Gasteiger charge is -2.30. The molecule has 0 saturated heterocycles. The van der Waals surface area contributed by atoms with Crippen molar-refractivity contribution in [3.05, 3.63) is 77.8 Å². The van der Waals surface area contributed by atoms with E-state index in [0.717, 1.165) is 6.20 Å². The van der Waals surface area contributed by atoms with Crippen LogP contribution in [0.15, 0.2) is 49.2 Å². The van der Waals surface area contributed by atoms with Gasteiger partial charge in [0.15, 0.2) is 5.60 Å². The molecule has 3 rings (SSSR count). The first-order chi connectivity index (χ1) is 14.8. The monoisotopic (exact) mass is 447 g/mol. The Morgan fingerprint density at radius 2 is 1.69 bits per heavy atom. The van der Waals surface area contributed by atoms with E-state index in [1.807, 2.05) is 20.8 Å². The number of aromatic nitrogens is 3. The summed E-state index contributed by atoms with van der Waals surface area (Å²) in [4.78, 5) is 11.1. The number of aromatic amines is 1. The number of H-pyrrole nitrogens is 1. The zero-order valence-electron chi connectivity index (χ0n) is 18.1. The first-order valence-electron chi connectivity index (χ1n) is 10.0. The SMILES string of the molecule is C=Cc1nc(CC(O)(c2ccc(-c3ccc(F)cn3)cc2)C(F)(F)F)[nH]c1CC(C)(C)C. The molecule has 0 fully saturated rings. The summed E-state index contributed by atoms with van der Waals surface area (Å²) in [6.07, 6.45) is -2.66. The second-order valence-corrected chi connectivity index (χ2v) is 8.96. The molecule has 1 aromatic carbocycles. The maximum absolute atomic E-state index is 14.0. The van der Waals surface area contributed by atoms with E-state index in [1.54, 1.807) is 0 Å². The summed E-state index contributed by atoms with van der Waals surface area (Å²) in [5, 5.41) is 10.8. The van der Waals surface area contributed by atoms with Crippen molar-refractivity contribution in [3.8, 4) is 11.3 Å². The quantitative estimate of drug-likeness (QED) is 0.467. The van der Waals surface area contributed by atoms with E-state index in [1.165, 1.54) is 42.5 Å². The number of hydrogen-bond donors (Lipinski definition) is 2. The molecule has 0 spiro atoms. The molecule has 170 valence electrons. The number of aliphatic hydroxyl groups is 1. The zero-order chi connectivity index (χ0) is 23.7. The van der Waals surface area contributed by atoms with Gasteiger partial charge in [-0.15, -0.1) is 0 Å². The molecular weight excluding hydrogens is 422 g/mol. The maximum Gasteiger partial charge on any atom is 0.421 e. The number of halogens is 4. The van der Waals surface area contributed by atoms with Crippen LogP contribution in [0.2, 0.25) is 0 Å². The van der Waals surface area contributed by atoms with Crippen molar-refractivity contribution in [2.75, 3.05) is 0 Å². The number of imidazole rings is 1. The first kappa shape index (κ1) is 23.7. The minimum Gasteiger partial charge on any atom is -0.376 e. The fourth-order valence-electron chi connectivity index (χ4n) is 3.47. The van der Waals surface area contributed by atoms with Crippen molar-refractivity contribution in [3.63, 3.8) is 0 Å². The summed E-state index contributed by atoms with van der Waals surface area (Å²) in [5.41, 5.74) is -1.56. The van der Waals surface area contributed by atoms with Gasteiger partial charge >= 0.3 is 6.18 Å². The molecule has 0 radical (unpaired) electrons. The first-order valence-corrected chi connectivity index (χ1v) is 10.0. The lowest BCUT2D eigenvalue weighted by molar-refractivity contribution is -0.266. The van der Waals surface area contributed by atoms with E-state index in [0.29, 0.717) is 29.1 Å². The predicted octanol–water partition coefficient (Wildman–Crippen LogP) is 5.84. The van der Waals surface area contributed by atoms with Crippen LogP contribution in [-0.2, 0) is 18.4 Å². The number of benzene rings is 1. The summed E-state index contributed by atoms with van der Waals surface area (Å²) < 4.78 is 55.2. The van der Waals surface area contributed by atoms with Crippen LogP contribution in [0.3, 0.4) is 0 Å². The number of pyridine rings is 1. The number of alkyl halides is 3. The average Bonchev–Trinajstić information content (AvgIpc) is 3.07. The highest BCUT2D eigenvalue weighted by molar-refractivity contribution is 5.59. The van der Waals surface area contributed by atoms with Gasteiger partial charge in [0.25, 0.3) is 0 Å². The second kappa shape index (κ2) is 8.50. The van der Waals surface area contributed by atoms with Crippen molar-refractivity contribution in [2.24, 2.45) is 5.41 Å². The van der Waals surface area contributed by atoms with E-state index >= 15 is 0 Å². The molecule has 4 nitrogen and oxygen atoms in total. The molecule has 0 amide bonds. The highest BCUT2D eigenvalue weighted by Crippen LogP contribution is 2.42. The number of rotatable bonds is 6. The largest absolute Gasteiger partial charge is 0.421 e. The average molecular weight is 447 g/mol. The third-order valence-corrected chi connectivity index (χ3v) is 5.04. The highest BCUT2D eigenvalue weighted by atomic mass is 19.4. The third-order valence-electron chi connectivity index (χ3n) is 5.04. The number of nitrogens with zero attached hydrogens (tertiary/aromatic N) is 2. The maximum atomic E-state index is 14.0. The molecule has 1 atom stereocenters. The van der Waals surface area contributed by atoms with E-state index in [2.05, 4.69) is 21.5 Å². The van der Waals surface area contributed by atoms with E-state index < -0.39 is 24.0 Å². The fraction of sp³-hybridized carbons (Fsp3) is 0.333. The molecule has 32 heavy (non-hydrogen) atoms. The molecule has 0 bridgehead atoms. The molecule has 0 aliphatic carbocycles. The molecule has 1 unspecified atom stereocenters. The van der Waals surface area contributed by atoms with Gasteiger partial charge in [0.05, 0.1) is 17.6 Å². The van der Waals surface area contributed by atoms with Gasteiger partial charge in [-0.05, 0) is 35.6 Å². The summed E-state index contributed by atoms with van der Waals surface area (Å²) >= 11 is 0. The molecular formula is C24H25F4N3O. The van der Waals surface area contributed by atoms with E-state index in [4.69, 9.17) is 0 Å². The summed E-state index contributed by atoms with van der Waals surface area (Å²) in [7, 11) is 0. The minimum absolute atomic E-state index is 0.0169. The Balaban J connectivity index is 1.95. The van der Waals surface area contributed by atoms with Gasteiger partial charge in [-0.1, -0.05) is 51.6 Å². The molecule has 8 heteroatoms. The van der Waals surface area contributed by atoms with Crippen LogP contribution < -0.4 is 0 Å². The van der Waals surface area contributed by atoms with Crippen molar-refractivity contribution in [1.29, 1.82) is 0 Å². The molecule has 2 N–H and O–H groups in total. The van der Waals surface area contributed by atoms with Crippen LogP contribution in [0.4, 0.5) is 17.6 Å². The topological polar surface area (TPSA) is 61.8 Å². The van der Waals surface area contributed by atoms with Crippen molar-refractivity contribution < 1.29 is 22.7 Å². The lowest BCUT2D eigenvalue weighted by Crippen LogP contribution is -2.44. The molecule has 2 aromatic heterocycles. The predicted molar refractivity (Wildman–Crippen MR) is 115 cm³/mol. The van der Waals surface area contributed by atoms with Gasteiger partial charge < -0.3 is 10.1 Å². The number of hydrogen-bond acceptors (Lipinski definition) is 3. The Hall–Kier alpha value is -3.00. The Labute approximate surface area is 184 Å². The van der Waals surface area contributed by atoms with Gasteiger partial charge in [0.1, 0.15) is 11.6 Å². The zero-order valence-corrected chi connectivity index (χ0v) is 18.1. The van der Waals surface area contributed by atoms with Gasteiger partial charge in [-0.3, -0.25) is 4.98 Å². The summed E-state index contributed by atoms with van der Waals surface area (Å²) in [6, 6.07) is 7.86. The van der Waals surface area contributed by atoms with Gasteiger partial charge in [-0.2, -0.15) is 13.2 Å². The molecule has 0 aliphatic rings. The third kappa shape index (κ3) is 5.07. The lowest BCUT2D eigenvalue weighted by atomic mass is 9.88. The normalized spacial score (nSPS) is 14.2. The Morgan fingerprint density at radius 3 is 2.19 bits per heavy atom. The summed E-state index contributed by atoms with van der Waals surface area (Å²) in [5.74, 6) is -0.497. The van der Waals surface area contributed by atoms with Crippen molar-refractivity contribution >= 4 is 6.08 Å². The van der Waals surface area contributed by atoms with E-state index in [9.17, 15) is 22.7 Å². The van der Waals surface area contributed by atoms with Crippen molar-refractivity contribution in [2.45, 2.75) is 45.4 Å². The molecule has 2 heterocycles. The van der Waals surface area contributed by atoms with Gasteiger partial charge in [0, 0.05) is 17.7 Å². The van der Waals surface area contributed by atoms with E-state index in [-0.39, 0.29) is 16.8 Å². The molecule has 3 aromatic rings. The van der Waals surface area contributed by atoms with Crippen LogP contribution in [-0.4, -0.2) is 26.2 Å². The highest BCUT2D eigenvalue weighted by Gasteiger charge is 2.55. The van der Waals surface area contributed by atoms with Gasteiger partial charge in [0.2, 0.25) is 0 Å². The standard InChI is InChI=1S/C24H25F4N3O/c1-5-18-20(12-22(2,3)4)31-21(30-18)13-23(32,24(26,27)28)16-8-6-15(7-9-16)19-11-10-17(25)14-29-19/h5-11,14,32H,1,12-13H2,2-4H3,(H,30,31). The molecule has 0 saturated carbocycles. The van der Waals surface area contributed by atoms with Crippen molar-refractivity contribution in [1.82, 2.24) is 15.0 Å². The Bertz CT molecular complexity index is 1080. The van der Waals surface area contributed by atoms with Crippen LogP contribution >= 0.6 is 0 Å². The van der Waals surface area contributed by atoms with Crippen LogP contribution in [0.5, 0.6) is 0 Å². The van der Waals surface area contributed by atoms with Crippen LogP contribution in [0.1, 0.15) is 43.5 Å². The molecule has 0 aliphatic heterocycles. The van der Waals surface area contributed by atoms with Gasteiger partial charge in [-0.25, -0.2) is 9.37 Å². The Kier molecular flexibility index (Phi) is 6.29. The smallest absolute Gasteiger partial charge is 0.376 e.